The summed E-state index contributed by atoms with van der Waals surface area (Å²) in [5.74, 6) is -0.890. The highest BCUT2D eigenvalue weighted by atomic mass is 16.6. The van der Waals surface area contributed by atoms with Crippen LogP contribution >= 0.6 is 0 Å². The zero-order valence-corrected chi connectivity index (χ0v) is 54.7. The third kappa shape index (κ3) is 68.7. The van der Waals surface area contributed by atoms with E-state index < -0.39 is 6.10 Å². The molecule has 0 saturated carbocycles. The predicted molar refractivity (Wildman–Crippen MR) is 362 cm³/mol. The van der Waals surface area contributed by atoms with Crippen molar-refractivity contribution in [2.45, 2.75) is 348 Å². The molecule has 0 saturated heterocycles. The van der Waals surface area contributed by atoms with E-state index in [0.717, 1.165) is 116 Å². The van der Waals surface area contributed by atoms with Gasteiger partial charge in [-0.25, -0.2) is 0 Å². The van der Waals surface area contributed by atoms with Crippen molar-refractivity contribution in [1.82, 2.24) is 0 Å². The van der Waals surface area contributed by atoms with Gasteiger partial charge < -0.3 is 14.2 Å². The van der Waals surface area contributed by atoms with Crippen LogP contribution in [0.25, 0.3) is 0 Å². The van der Waals surface area contributed by atoms with Crippen molar-refractivity contribution < 1.29 is 28.6 Å². The van der Waals surface area contributed by atoms with Crippen LogP contribution in [0.2, 0.25) is 0 Å². The third-order valence-electron chi connectivity index (χ3n) is 15.2. The molecule has 0 aliphatic heterocycles. The van der Waals surface area contributed by atoms with Gasteiger partial charge in [-0.1, -0.05) is 304 Å². The fraction of sp³-hybridized carbons (Fsp3) is 0.727. The lowest BCUT2D eigenvalue weighted by molar-refractivity contribution is -0.167. The van der Waals surface area contributed by atoms with Gasteiger partial charge in [-0.3, -0.25) is 14.4 Å². The van der Waals surface area contributed by atoms with Crippen LogP contribution < -0.4 is 0 Å². The zero-order valence-electron chi connectivity index (χ0n) is 54.7. The van der Waals surface area contributed by atoms with Gasteiger partial charge in [0.1, 0.15) is 13.2 Å². The summed E-state index contributed by atoms with van der Waals surface area (Å²) in [6.45, 7) is 6.52. The summed E-state index contributed by atoms with van der Waals surface area (Å²) in [4.78, 5) is 38.5. The quantitative estimate of drug-likeness (QED) is 0.0261. The van der Waals surface area contributed by atoms with E-state index in [2.05, 4.69) is 130 Å². The molecule has 0 aromatic carbocycles. The lowest BCUT2D eigenvalue weighted by Crippen LogP contribution is -2.30. The first-order valence-electron chi connectivity index (χ1n) is 35.4. The maximum Gasteiger partial charge on any atom is 0.306 e. The van der Waals surface area contributed by atoms with E-state index in [-0.39, 0.29) is 31.1 Å². The van der Waals surface area contributed by atoms with Gasteiger partial charge >= 0.3 is 17.9 Å². The molecule has 0 aromatic rings. The summed E-state index contributed by atoms with van der Waals surface area (Å²) < 4.78 is 17.0. The molecule has 0 fully saturated rings. The minimum atomic E-state index is -0.792. The Bertz CT molecular complexity index is 1660. The Balaban J connectivity index is 4.40. The van der Waals surface area contributed by atoms with Crippen LogP contribution in [0.15, 0.2) is 109 Å². The molecule has 1 unspecified atom stereocenters. The average Bonchev–Trinajstić information content (AvgIpc) is 3.50. The standard InChI is InChI=1S/C77H132O6/c1-4-7-10-13-16-19-22-25-28-31-34-36-37-38-39-41-43-46-49-52-55-58-61-64-67-70-76(79)82-73-74(72-81-75(78)69-66-63-60-57-54-51-48-45-42-33-30-27-24-21-18-15-12-9-6-3)83-77(80)71-68-65-62-59-56-53-50-47-44-40-35-32-29-26-23-20-17-14-11-8-5-2/h7,10,16,18-19,21,23,25-28,30,32,34-36,44,47,74H,4-6,8-9,11-15,17,20,22,24,29,31,33,37-43,45-46,48-73H2,1-3H3/b10-7-,19-16-,21-18-,26-23-,28-25-,30-27-,35-32-,36-34-,47-44-. The Labute approximate surface area is 514 Å². The molecular weight excluding hydrogens is 1020 g/mol. The van der Waals surface area contributed by atoms with E-state index in [4.69, 9.17) is 14.2 Å². The van der Waals surface area contributed by atoms with Crippen molar-refractivity contribution in [1.29, 1.82) is 0 Å². The molecule has 6 nitrogen and oxygen atoms in total. The second-order valence-electron chi connectivity index (χ2n) is 23.4. The molecule has 1 atom stereocenters. The van der Waals surface area contributed by atoms with Gasteiger partial charge in [0.2, 0.25) is 0 Å². The molecule has 0 aromatic heterocycles. The fourth-order valence-electron chi connectivity index (χ4n) is 9.94. The van der Waals surface area contributed by atoms with Crippen molar-refractivity contribution in [2.24, 2.45) is 0 Å². The molecule has 0 radical (unpaired) electrons. The van der Waals surface area contributed by atoms with Crippen molar-refractivity contribution in [3.63, 3.8) is 0 Å². The minimum absolute atomic E-state index is 0.0852. The van der Waals surface area contributed by atoms with Gasteiger partial charge in [0.15, 0.2) is 6.10 Å². The monoisotopic (exact) mass is 1150 g/mol. The number of rotatable bonds is 64. The molecule has 0 heterocycles. The van der Waals surface area contributed by atoms with Crippen LogP contribution in [-0.4, -0.2) is 37.2 Å². The molecule has 476 valence electrons. The van der Waals surface area contributed by atoms with Crippen LogP contribution in [0.3, 0.4) is 0 Å². The molecular formula is C77H132O6. The summed E-state index contributed by atoms with van der Waals surface area (Å²) in [6.07, 6.45) is 96.7. The molecule has 0 amide bonds. The van der Waals surface area contributed by atoms with Crippen LogP contribution in [0.1, 0.15) is 342 Å². The molecule has 0 spiro atoms. The normalized spacial score (nSPS) is 12.8. The van der Waals surface area contributed by atoms with E-state index in [1.165, 1.54) is 186 Å². The first kappa shape index (κ1) is 79.1. The van der Waals surface area contributed by atoms with Gasteiger partial charge in [0, 0.05) is 19.3 Å². The molecule has 0 N–H and O–H groups in total. The number of ether oxygens (including phenoxy) is 3. The predicted octanol–water partition coefficient (Wildman–Crippen LogP) is 24.6. The second kappa shape index (κ2) is 70.6. The van der Waals surface area contributed by atoms with Crippen LogP contribution in [0.5, 0.6) is 0 Å². The molecule has 0 bridgehead atoms. The first-order chi connectivity index (χ1) is 41.0. The first-order valence-corrected chi connectivity index (χ1v) is 35.4. The van der Waals surface area contributed by atoms with Gasteiger partial charge in [-0.05, 0) is 128 Å². The average molecular weight is 1150 g/mol. The Morgan fingerprint density at radius 1 is 0.253 bits per heavy atom. The van der Waals surface area contributed by atoms with Crippen LogP contribution in [0.4, 0.5) is 0 Å². The Morgan fingerprint density at radius 3 is 0.759 bits per heavy atom. The van der Waals surface area contributed by atoms with E-state index in [1.807, 2.05) is 0 Å². The summed E-state index contributed by atoms with van der Waals surface area (Å²) in [5.41, 5.74) is 0. The second-order valence-corrected chi connectivity index (χ2v) is 23.4. The van der Waals surface area contributed by atoms with Crippen molar-refractivity contribution in [3.8, 4) is 0 Å². The smallest absolute Gasteiger partial charge is 0.306 e. The van der Waals surface area contributed by atoms with Crippen molar-refractivity contribution in [3.05, 3.63) is 109 Å². The van der Waals surface area contributed by atoms with Gasteiger partial charge in [-0.2, -0.15) is 0 Å². The highest BCUT2D eigenvalue weighted by Crippen LogP contribution is 2.17. The fourth-order valence-corrected chi connectivity index (χ4v) is 9.94. The number of carbonyl (C=O) groups excluding carboxylic acids is 3. The van der Waals surface area contributed by atoms with Gasteiger partial charge in [0.25, 0.3) is 0 Å². The Hall–Kier alpha value is -3.93. The van der Waals surface area contributed by atoms with E-state index in [9.17, 15) is 14.4 Å². The van der Waals surface area contributed by atoms with Crippen molar-refractivity contribution in [2.75, 3.05) is 13.2 Å². The van der Waals surface area contributed by atoms with Gasteiger partial charge in [-0.15, -0.1) is 0 Å². The molecule has 0 aliphatic carbocycles. The molecule has 0 rings (SSSR count). The third-order valence-corrected chi connectivity index (χ3v) is 15.2. The largest absolute Gasteiger partial charge is 0.462 e. The Morgan fingerprint density at radius 2 is 0.470 bits per heavy atom. The molecule has 83 heavy (non-hydrogen) atoms. The maximum atomic E-state index is 13.0. The molecule has 0 aliphatic rings. The zero-order chi connectivity index (χ0) is 59.9. The SMILES string of the molecule is CC/C=C\C/C=C\C/C=C\C/C=C\CCCCCCCCCCCCCCC(=O)OCC(COC(=O)CCCCCCCCCCC/C=C\C/C=C\CCCCC)OC(=O)CCCCCCCC/C=C\C/C=C\C/C=C\CCCCCCC. The number of carbonyl (C=O) groups is 3. The maximum absolute atomic E-state index is 13.0. The lowest BCUT2D eigenvalue weighted by atomic mass is 10.0. The van der Waals surface area contributed by atoms with Gasteiger partial charge in [0.05, 0.1) is 0 Å². The highest BCUT2D eigenvalue weighted by Gasteiger charge is 2.19. The Kier molecular flexibility index (Phi) is 67.2. The number of hydrogen-bond acceptors (Lipinski definition) is 6. The van der Waals surface area contributed by atoms with E-state index >= 15 is 0 Å². The topological polar surface area (TPSA) is 78.9 Å². The summed E-state index contributed by atoms with van der Waals surface area (Å²) in [6, 6.07) is 0. The minimum Gasteiger partial charge on any atom is -0.462 e. The highest BCUT2D eigenvalue weighted by molar-refractivity contribution is 5.71. The van der Waals surface area contributed by atoms with E-state index in [0.29, 0.717) is 19.3 Å². The summed E-state index contributed by atoms with van der Waals surface area (Å²) >= 11 is 0. The van der Waals surface area contributed by atoms with E-state index in [1.54, 1.807) is 0 Å². The van der Waals surface area contributed by atoms with Crippen LogP contribution in [-0.2, 0) is 28.6 Å². The summed E-state index contributed by atoms with van der Waals surface area (Å²) in [5, 5.41) is 0. The van der Waals surface area contributed by atoms with Crippen molar-refractivity contribution >= 4 is 17.9 Å². The molecule has 6 heteroatoms. The lowest BCUT2D eigenvalue weighted by Gasteiger charge is -2.18. The summed E-state index contributed by atoms with van der Waals surface area (Å²) in [7, 11) is 0. The number of allylic oxidation sites excluding steroid dienone is 18. The number of esters is 3. The van der Waals surface area contributed by atoms with Crippen LogP contribution in [0, 0.1) is 0 Å². The number of hydrogen-bond donors (Lipinski definition) is 0. The number of unbranched alkanes of at least 4 members (excludes halogenated alkanes) is 35.